The molecule has 1 aliphatic rings. The third-order valence-corrected chi connectivity index (χ3v) is 5.33. The summed E-state index contributed by atoms with van der Waals surface area (Å²) in [6, 6.07) is 5.31. The van der Waals surface area contributed by atoms with Crippen molar-refractivity contribution in [3.8, 4) is 0 Å². The summed E-state index contributed by atoms with van der Waals surface area (Å²) < 4.78 is 0. The highest BCUT2D eigenvalue weighted by molar-refractivity contribution is 6.35. The van der Waals surface area contributed by atoms with E-state index in [0.717, 1.165) is 31.5 Å². The average Bonchev–Trinajstić information content (AvgIpc) is 2.55. The molecule has 1 aromatic carbocycles. The molecule has 1 N–H and O–H groups in total. The van der Waals surface area contributed by atoms with Gasteiger partial charge in [0.1, 0.15) is 5.41 Å². The van der Waals surface area contributed by atoms with Gasteiger partial charge in [0.05, 0.1) is 0 Å². The lowest BCUT2D eigenvalue weighted by atomic mass is 9.88. The van der Waals surface area contributed by atoms with E-state index in [2.05, 4.69) is 12.2 Å². The van der Waals surface area contributed by atoms with Crippen LogP contribution in [0.15, 0.2) is 18.2 Å². The molecular formula is C19H26Cl2N2O2. The van der Waals surface area contributed by atoms with Gasteiger partial charge in [0.2, 0.25) is 11.8 Å². The summed E-state index contributed by atoms with van der Waals surface area (Å²) in [5, 5.41) is 4.03. The zero-order chi connectivity index (χ0) is 18.6. The van der Waals surface area contributed by atoms with Crippen LogP contribution in [0, 0.1) is 11.3 Å². The smallest absolute Gasteiger partial charge is 0.237 e. The van der Waals surface area contributed by atoms with Crippen LogP contribution in [0.3, 0.4) is 0 Å². The van der Waals surface area contributed by atoms with E-state index in [1.54, 1.807) is 26.0 Å². The number of piperidine rings is 1. The normalized spacial score (nSPS) is 18.1. The summed E-state index contributed by atoms with van der Waals surface area (Å²) >= 11 is 12.0. The fraction of sp³-hybridized carbons (Fsp3) is 0.579. The van der Waals surface area contributed by atoms with Crippen molar-refractivity contribution in [1.29, 1.82) is 0 Å². The van der Waals surface area contributed by atoms with Gasteiger partial charge in [0, 0.05) is 29.7 Å². The van der Waals surface area contributed by atoms with Crippen LogP contribution < -0.4 is 5.32 Å². The van der Waals surface area contributed by atoms with E-state index in [4.69, 9.17) is 23.2 Å². The van der Waals surface area contributed by atoms with Crippen LogP contribution in [0.4, 0.5) is 0 Å². The van der Waals surface area contributed by atoms with Crippen molar-refractivity contribution in [2.45, 2.75) is 40.0 Å². The minimum atomic E-state index is -1.07. The van der Waals surface area contributed by atoms with E-state index in [-0.39, 0.29) is 11.8 Å². The molecule has 1 unspecified atom stereocenters. The first-order chi connectivity index (χ1) is 11.7. The molecule has 25 heavy (non-hydrogen) atoms. The molecule has 1 saturated heterocycles. The molecule has 1 atom stereocenters. The number of rotatable bonds is 5. The molecule has 1 heterocycles. The number of hydrogen-bond acceptors (Lipinski definition) is 2. The summed E-state index contributed by atoms with van der Waals surface area (Å²) in [4.78, 5) is 27.1. The number of halogens is 2. The van der Waals surface area contributed by atoms with Crippen LogP contribution >= 0.6 is 23.2 Å². The summed E-state index contributed by atoms with van der Waals surface area (Å²) in [5.41, 5.74) is -0.152. The maximum absolute atomic E-state index is 12.8. The number of nitrogens with zero attached hydrogens (tertiary/aromatic N) is 1. The van der Waals surface area contributed by atoms with Crippen molar-refractivity contribution in [1.82, 2.24) is 10.2 Å². The summed E-state index contributed by atoms with van der Waals surface area (Å²) in [6.45, 7) is 7.42. The number of carbonyl (C=O) groups is 2. The zero-order valence-electron chi connectivity index (χ0n) is 15.1. The number of benzene rings is 1. The second-order valence-electron chi connectivity index (χ2n) is 7.37. The molecule has 0 spiro atoms. The number of hydrogen-bond donors (Lipinski definition) is 1. The molecular weight excluding hydrogens is 359 g/mol. The molecule has 4 nitrogen and oxygen atoms in total. The van der Waals surface area contributed by atoms with Gasteiger partial charge in [-0.3, -0.25) is 9.59 Å². The van der Waals surface area contributed by atoms with E-state index in [1.807, 2.05) is 11.0 Å². The van der Waals surface area contributed by atoms with E-state index in [0.29, 0.717) is 28.9 Å². The van der Waals surface area contributed by atoms with Gasteiger partial charge in [0.25, 0.3) is 0 Å². The van der Waals surface area contributed by atoms with Crippen LogP contribution in [-0.4, -0.2) is 36.3 Å². The molecule has 6 heteroatoms. The quantitative estimate of drug-likeness (QED) is 0.781. The molecule has 0 bridgehead atoms. The van der Waals surface area contributed by atoms with E-state index in [9.17, 15) is 9.59 Å². The Kier molecular flexibility index (Phi) is 6.75. The Labute approximate surface area is 159 Å². The minimum absolute atomic E-state index is 0.0962. The monoisotopic (exact) mass is 384 g/mol. The van der Waals surface area contributed by atoms with E-state index < -0.39 is 5.41 Å². The molecule has 0 aliphatic carbocycles. The van der Waals surface area contributed by atoms with Gasteiger partial charge in [-0.05, 0) is 56.7 Å². The van der Waals surface area contributed by atoms with Crippen molar-refractivity contribution in [2.75, 3.05) is 19.6 Å². The van der Waals surface area contributed by atoms with Crippen LogP contribution in [0.1, 0.15) is 39.2 Å². The maximum atomic E-state index is 12.8. The molecule has 1 fully saturated rings. The molecule has 138 valence electrons. The number of amides is 2. The molecule has 0 saturated carbocycles. The van der Waals surface area contributed by atoms with Crippen LogP contribution in [0.25, 0.3) is 0 Å². The number of nitrogens with one attached hydrogen (secondary N) is 1. The van der Waals surface area contributed by atoms with Crippen LogP contribution in [0.2, 0.25) is 10.0 Å². The van der Waals surface area contributed by atoms with Gasteiger partial charge in [0.15, 0.2) is 0 Å². The first-order valence-corrected chi connectivity index (χ1v) is 9.49. The van der Waals surface area contributed by atoms with Gasteiger partial charge in [-0.25, -0.2) is 0 Å². The predicted molar refractivity (Wildman–Crippen MR) is 102 cm³/mol. The van der Waals surface area contributed by atoms with Crippen molar-refractivity contribution >= 4 is 35.0 Å². The first-order valence-electron chi connectivity index (χ1n) is 8.73. The number of carbonyl (C=O) groups excluding carboxylic acids is 2. The van der Waals surface area contributed by atoms with Gasteiger partial charge in [-0.1, -0.05) is 36.2 Å². The van der Waals surface area contributed by atoms with E-state index in [1.165, 1.54) is 0 Å². The second kappa shape index (κ2) is 8.41. The summed E-state index contributed by atoms with van der Waals surface area (Å²) in [7, 11) is 0. The van der Waals surface area contributed by atoms with Gasteiger partial charge >= 0.3 is 0 Å². The van der Waals surface area contributed by atoms with Crippen molar-refractivity contribution in [3.05, 3.63) is 33.8 Å². The Balaban J connectivity index is 1.90. The first kappa shape index (κ1) is 20.1. The summed E-state index contributed by atoms with van der Waals surface area (Å²) in [5.74, 6) is 0.144. The van der Waals surface area contributed by atoms with Gasteiger partial charge in [-0.15, -0.1) is 0 Å². The predicted octanol–water partition coefficient (Wildman–Crippen LogP) is 3.94. The fourth-order valence-corrected chi connectivity index (χ4v) is 3.63. The second-order valence-corrected chi connectivity index (χ2v) is 8.21. The Morgan fingerprint density at radius 1 is 1.32 bits per heavy atom. The largest absolute Gasteiger partial charge is 0.355 e. The average molecular weight is 385 g/mol. The maximum Gasteiger partial charge on any atom is 0.237 e. The Morgan fingerprint density at radius 2 is 2.04 bits per heavy atom. The topological polar surface area (TPSA) is 49.4 Å². The standard InChI is InChI=1S/C19H26Cl2N2O2/c1-13-5-4-10-23(12-13)18(25)19(2,3)17(24)22-9-8-14-6-7-15(20)11-16(14)21/h6-7,11,13H,4-5,8-10,12H2,1-3H3,(H,22,24). The molecule has 2 amide bonds. The highest BCUT2D eigenvalue weighted by Crippen LogP contribution is 2.25. The highest BCUT2D eigenvalue weighted by Gasteiger charge is 2.39. The Morgan fingerprint density at radius 3 is 2.68 bits per heavy atom. The van der Waals surface area contributed by atoms with Crippen molar-refractivity contribution in [3.63, 3.8) is 0 Å². The van der Waals surface area contributed by atoms with Crippen LogP contribution in [-0.2, 0) is 16.0 Å². The lowest BCUT2D eigenvalue weighted by Crippen LogP contribution is -2.52. The Bertz CT molecular complexity index is 646. The minimum Gasteiger partial charge on any atom is -0.355 e. The third-order valence-electron chi connectivity index (χ3n) is 4.74. The molecule has 1 aromatic rings. The highest BCUT2D eigenvalue weighted by atomic mass is 35.5. The van der Waals surface area contributed by atoms with Gasteiger partial charge < -0.3 is 10.2 Å². The SMILES string of the molecule is CC1CCCN(C(=O)C(C)(C)C(=O)NCCc2ccc(Cl)cc2Cl)C1. The fourth-order valence-electron chi connectivity index (χ4n) is 3.12. The Hall–Kier alpha value is -1.26. The van der Waals surface area contributed by atoms with Crippen LogP contribution in [0.5, 0.6) is 0 Å². The molecule has 1 aliphatic heterocycles. The van der Waals surface area contributed by atoms with E-state index >= 15 is 0 Å². The summed E-state index contributed by atoms with van der Waals surface area (Å²) in [6.07, 6.45) is 2.73. The molecule has 2 rings (SSSR count). The lowest BCUT2D eigenvalue weighted by Gasteiger charge is -2.36. The van der Waals surface area contributed by atoms with Crippen molar-refractivity contribution in [2.24, 2.45) is 11.3 Å². The zero-order valence-corrected chi connectivity index (χ0v) is 16.6. The number of likely N-dealkylation sites (tertiary alicyclic amines) is 1. The molecule has 0 radical (unpaired) electrons. The van der Waals surface area contributed by atoms with Gasteiger partial charge in [-0.2, -0.15) is 0 Å². The molecule has 0 aromatic heterocycles. The van der Waals surface area contributed by atoms with Crippen molar-refractivity contribution < 1.29 is 9.59 Å². The lowest BCUT2D eigenvalue weighted by molar-refractivity contribution is -0.149. The third kappa shape index (κ3) is 5.11.